The zero-order valence-corrected chi connectivity index (χ0v) is 9.57. The summed E-state index contributed by atoms with van der Waals surface area (Å²) >= 11 is 0. The molecule has 1 fully saturated rings. The van der Waals surface area contributed by atoms with Crippen LogP contribution in [0.2, 0.25) is 0 Å². The molecule has 4 unspecified atom stereocenters. The fraction of sp³-hybridized carbons (Fsp3) is 0.769. The average molecular weight is 208 g/mol. The first-order valence-corrected chi connectivity index (χ1v) is 5.97. The van der Waals surface area contributed by atoms with Crippen LogP contribution in [0, 0.1) is 23.2 Å². The fourth-order valence-corrected chi connectivity index (χ4v) is 3.77. The zero-order chi connectivity index (χ0) is 11.1. The van der Waals surface area contributed by atoms with Crippen molar-refractivity contribution < 1.29 is 9.90 Å². The molecule has 15 heavy (non-hydrogen) atoms. The Labute approximate surface area is 91.4 Å². The number of carbonyl (C=O) groups is 1. The van der Waals surface area contributed by atoms with Gasteiger partial charge in [0.2, 0.25) is 0 Å². The number of hydrogen-bond donors (Lipinski definition) is 1. The topological polar surface area (TPSA) is 37.3 Å². The Balaban J connectivity index is 2.36. The predicted octanol–water partition coefficient (Wildman–Crippen LogP) is 3.09. The van der Waals surface area contributed by atoms with Crippen LogP contribution < -0.4 is 0 Å². The van der Waals surface area contributed by atoms with E-state index in [4.69, 9.17) is 0 Å². The van der Waals surface area contributed by atoms with Gasteiger partial charge in [0.25, 0.3) is 0 Å². The van der Waals surface area contributed by atoms with E-state index < -0.39 is 5.97 Å². The summed E-state index contributed by atoms with van der Waals surface area (Å²) < 4.78 is 0. The quantitative estimate of drug-likeness (QED) is 0.672. The Morgan fingerprint density at radius 2 is 2.20 bits per heavy atom. The first-order chi connectivity index (χ1) is 7.08. The van der Waals surface area contributed by atoms with Crippen molar-refractivity contribution in [1.29, 1.82) is 0 Å². The van der Waals surface area contributed by atoms with Crippen molar-refractivity contribution in [3.63, 3.8) is 0 Å². The summed E-state index contributed by atoms with van der Waals surface area (Å²) in [5, 5.41) is 9.42. The molecule has 84 valence electrons. The summed E-state index contributed by atoms with van der Waals surface area (Å²) in [4.78, 5) is 11.4. The van der Waals surface area contributed by atoms with Crippen molar-refractivity contribution in [2.45, 2.75) is 39.5 Å². The normalized spacial score (nSPS) is 44.8. The second-order valence-corrected chi connectivity index (χ2v) is 5.33. The molecule has 4 atom stereocenters. The molecule has 0 aromatic carbocycles. The molecule has 0 radical (unpaired) electrons. The van der Waals surface area contributed by atoms with E-state index >= 15 is 0 Å². The lowest BCUT2D eigenvalue weighted by Gasteiger charge is -2.43. The maximum atomic E-state index is 11.4. The van der Waals surface area contributed by atoms with Crippen molar-refractivity contribution in [3.8, 4) is 0 Å². The third-order valence-electron chi connectivity index (χ3n) is 4.61. The van der Waals surface area contributed by atoms with E-state index in [0.717, 1.165) is 12.8 Å². The van der Waals surface area contributed by atoms with Crippen LogP contribution in [-0.2, 0) is 4.79 Å². The van der Waals surface area contributed by atoms with Gasteiger partial charge in [-0.05, 0) is 30.1 Å². The fourth-order valence-electron chi connectivity index (χ4n) is 3.77. The van der Waals surface area contributed by atoms with E-state index in [1.807, 2.05) is 6.92 Å². The van der Waals surface area contributed by atoms with Gasteiger partial charge >= 0.3 is 5.97 Å². The molecule has 2 rings (SSSR count). The van der Waals surface area contributed by atoms with Gasteiger partial charge in [-0.3, -0.25) is 4.79 Å². The molecule has 0 aliphatic heterocycles. The predicted molar refractivity (Wildman–Crippen MR) is 59.5 cm³/mol. The molecule has 1 spiro atoms. The molecule has 0 aromatic heterocycles. The van der Waals surface area contributed by atoms with Crippen LogP contribution in [0.1, 0.15) is 39.5 Å². The number of rotatable bonds is 1. The Bertz CT molecular complexity index is 295. The van der Waals surface area contributed by atoms with Gasteiger partial charge in [-0.15, -0.1) is 0 Å². The Kier molecular flexibility index (Phi) is 2.61. The average Bonchev–Trinajstić information content (AvgIpc) is 2.48. The van der Waals surface area contributed by atoms with Crippen molar-refractivity contribution in [3.05, 3.63) is 12.2 Å². The minimum Gasteiger partial charge on any atom is -0.481 e. The molecule has 2 aliphatic carbocycles. The van der Waals surface area contributed by atoms with Crippen LogP contribution in [0.15, 0.2) is 12.2 Å². The van der Waals surface area contributed by atoms with E-state index in [1.54, 1.807) is 0 Å². The molecule has 0 aromatic rings. The van der Waals surface area contributed by atoms with Crippen LogP contribution >= 0.6 is 0 Å². The van der Waals surface area contributed by atoms with Crippen LogP contribution in [0.25, 0.3) is 0 Å². The van der Waals surface area contributed by atoms with Crippen molar-refractivity contribution in [2.75, 3.05) is 0 Å². The van der Waals surface area contributed by atoms with Crippen molar-refractivity contribution in [2.24, 2.45) is 23.2 Å². The molecule has 2 heteroatoms. The Hall–Kier alpha value is -0.790. The van der Waals surface area contributed by atoms with Crippen molar-refractivity contribution >= 4 is 5.97 Å². The number of hydrogen-bond acceptors (Lipinski definition) is 1. The summed E-state index contributed by atoms with van der Waals surface area (Å²) in [6, 6.07) is 0. The largest absolute Gasteiger partial charge is 0.481 e. The van der Waals surface area contributed by atoms with Gasteiger partial charge in [-0.1, -0.05) is 38.8 Å². The van der Waals surface area contributed by atoms with Gasteiger partial charge in [0.15, 0.2) is 0 Å². The second-order valence-electron chi connectivity index (χ2n) is 5.33. The molecule has 0 amide bonds. The van der Waals surface area contributed by atoms with E-state index in [2.05, 4.69) is 19.1 Å². The zero-order valence-electron chi connectivity index (χ0n) is 9.57. The minimum atomic E-state index is -0.597. The SMILES string of the molecule is CC1C=CCC2(CCCC2C)C1C(=O)O. The lowest BCUT2D eigenvalue weighted by Crippen LogP contribution is -2.43. The molecule has 0 saturated heterocycles. The van der Waals surface area contributed by atoms with Crippen molar-refractivity contribution in [1.82, 2.24) is 0 Å². The lowest BCUT2D eigenvalue weighted by molar-refractivity contribution is -0.150. The molecule has 0 bridgehead atoms. The van der Waals surface area contributed by atoms with Gasteiger partial charge in [-0.25, -0.2) is 0 Å². The monoisotopic (exact) mass is 208 g/mol. The van der Waals surface area contributed by atoms with Crippen LogP contribution in [-0.4, -0.2) is 11.1 Å². The number of carboxylic acid groups (broad SMARTS) is 1. The van der Waals surface area contributed by atoms with Gasteiger partial charge in [-0.2, -0.15) is 0 Å². The van der Waals surface area contributed by atoms with Crippen LogP contribution in [0.5, 0.6) is 0 Å². The van der Waals surface area contributed by atoms with Crippen LogP contribution in [0.3, 0.4) is 0 Å². The molecule has 2 nitrogen and oxygen atoms in total. The van der Waals surface area contributed by atoms with E-state index in [0.29, 0.717) is 5.92 Å². The first-order valence-electron chi connectivity index (χ1n) is 5.97. The first kappa shape index (κ1) is 10.7. The lowest BCUT2D eigenvalue weighted by atomic mass is 9.60. The second kappa shape index (κ2) is 3.66. The van der Waals surface area contributed by atoms with E-state index in [-0.39, 0.29) is 17.3 Å². The highest BCUT2D eigenvalue weighted by Crippen LogP contribution is 2.55. The minimum absolute atomic E-state index is 0.0556. The smallest absolute Gasteiger partial charge is 0.307 e. The molecular formula is C13H20O2. The summed E-state index contributed by atoms with van der Waals surface area (Å²) in [7, 11) is 0. The molecule has 2 aliphatic rings. The Morgan fingerprint density at radius 1 is 1.47 bits per heavy atom. The molecular weight excluding hydrogens is 188 g/mol. The maximum Gasteiger partial charge on any atom is 0.307 e. The van der Waals surface area contributed by atoms with Gasteiger partial charge in [0, 0.05) is 0 Å². The molecule has 1 saturated carbocycles. The molecule has 0 heterocycles. The number of allylic oxidation sites excluding steroid dienone is 2. The highest BCUT2D eigenvalue weighted by molar-refractivity contribution is 5.72. The summed E-state index contributed by atoms with van der Waals surface area (Å²) in [6.45, 7) is 4.27. The summed E-state index contributed by atoms with van der Waals surface area (Å²) in [5.41, 5.74) is 0.0556. The Morgan fingerprint density at radius 3 is 2.73 bits per heavy atom. The highest BCUT2D eigenvalue weighted by Gasteiger charge is 2.51. The van der Waals surface area contributed by atoms with E-state index in [1.165, 1.54) is 12.8 Å². The van der Waals surface area contributed by atoms with Gasteiger partial charge in [0.1, 0.15) is 0 Å². The molecule has 1 N–H and O–H groups in total. The van der Waals surface area contributed by atoms with E-state index in [9.17, 15) is 9.90 Å². The third-order valence-corrected chi connectivity index (χ3v) is 4.61. The van der Waals surface area contributed by atoms with Crippen LogP contribution in [0.4, 0.5) is 0 Å². The summed E-state index contributed by atoms with van der Waals surface area (Å²) in [6.07, 6.45) is 8.74. The highest BCUT2D eigenvalue weighted by atomic mass is 16.4. The third kappa shape index (κ3) is 1.51. The maximum absolute atomic E-state index is 11.4. The number of carboxylic acids is 1. The standard InChI is InChI=1S/C13H20O2/c1-9-5-3-7-13(11(9)12(14)15)8-4-6-10(13)2/h3,5,9-11H,4,6-8H2,1-2H3,(H,14,15). The van der Waals surface area contributed by atoms with Gasteiger partial charge in [0.05, 0.1) is 5.92 Å². The summed E-state index contributed by atoms with van der Waals surface area (Å²) in [5.74, 6) is -0.0107. The number of aliphatic carboxylic acids is 1. The van der Waals surface area contributed by atoms with Gasteiger partial charge < -0.3 is 5.11 Å².